The number of halogens is 1. The van der Waals surface area contributed by atoms with Crippen LogP contribution >= 0.6 is 22.9 Å². The van der Waals surface area contributed by atoms with Gasteiger partial charge < -0.3 is 20.3 Å². The van der Waals surface area contributed by atoms with Crippen molar-refractivity contribution in [3.05, 3.63) is 40.3 Å². The molecule has 2 heterocycles. The summed E-state index contributed by atoms with van der Waals surface area (Å²) in [6, 6.07) is 3.49. The molecule has 1 aromatic carbocycles. The van der Waals surface area contributed by atoms with Crippen LogP contribution in [-0.2, 0) is 11.3 Å². The second-order valence-electron chi connectivity index (χ2n) is 5.60. The number of rotatable bonds is 5. The van der Waals surface area contributed by atoms with Crippen molar-refractivity contribution in [2.75, 3.05) is 7.11 Å². The summed E-state index contributed by atoms with van der Waals surface area (Å²) in [6.07, 6.45) is -0.564. The van der Waals surface area contributed by atoms with Crippen molar-refractivity contribution in [2.24, 2.45) is 0 Å². The van der Waals surface area contributed by atoms with Crippen LogP contribution in [-0.4, -0.2) is 38.7 Å². The number of benzene rings is 1. The molecule has 0 aliphatic rings. The Bertz CT molecular complexity index is 1060. The Kier molecular flexibility index (Phi) is 5.56. The Morgan fingerprint density at radius 3 is 2.75 bits per heavy atom. The normalized spacial score (nSPS) is 10.7. The van der Waals surface area contributed by atoms with E-state index in [9.17, 15) is 19.1 Å². The van der Waals surface area contributed by atoms with Crippen molar-refractivity contribution in [1.82, 2.24) is 14.7 Å². The number of alkyl carbamates (subject to hydrolysis) is 1. The third-order valence-corrected chi connectivity index (χ3v) is 5.74. The summed E-state index contributed by atoms with van der Waals surface area (Å²) in [5, 5.41) is 22.0. The zero-order valence-electron chi connectivity index (χ0n) is 14.6. The Morgan fingerprint density at radius 2 is 2.07 bits per heavy atom. The van der Waals surface area contributed by atoms with Crippen molar-refractivity contribution < 1.29 is 28.9 Å². The molecule has 11 heteroatoms. The van der Waals surface area contributed by atoms with E-state index < -0.39 is 29.2 Å². The van der Waals surface area contributed by atoms with Gasteiger partial charge in [-0.15, -0.1) is 11.3 Å². The van der Waals surface area contributed by atoms with Gasteiger partial charge in [0.15, 0.2) is 0 Å². The molecule has 0 saturated heterocycles. The number of carbonyl (C=O) groups excluding carboxylic acids is 1. The standard InChI is InChI=1S/C17H14FN3O5S2/c1-7-15(27-14(20-7)6-19-17(25)26-2)11-5-13(28-21-11)8-4-12(22)9(16(23)24)3-10(8)18/h3-5,22H,6H2,1-2H3,(H,19,25)(H,23,24). The van der Waals surface area contributed by atoms with Crippen LogP contribution in [0.3, 0.4) is 0 Å². The SMILES string of the molecule is COC(=O)NCc1nc(C)c(-c2cc(-c3cc(O)c(C(=O)O)cc3F)sn2)s1. The highest BCUT2D eigenvalue weighted by Crippen LogP contribution is 2.37. The predicted molar refractivity (Wildman–Crippen MR) is 101 cm³/mol. The van der Waals surface area contributed by atoms with E-state index in [0.717, 1.165) is 28.5 Å². The van der Waals surface area contributed by atoms with Crippen molar-refractivity contribution >= 4 is 34.9 Å². The molecule has 3 N–H and O–H groups in total. The molecular weight excluding hydrogens is 409 g/mol. The molecule has 1 amide bonds. The van der Waals surface area contributed by atoms with Crippen LogP contribution in [0, 0.1) is 12.7 Å². The van der Waals surface area contributed by atoms with E-state index in [1.165, 1.54) is 18.4 Å². The molecule has 0 aliphatic carbocycles. The highest BCUT2D eigenvalue weighted by atomic mass is 32.1. The van der Waals surface area contributed by atoms with E-state index >= 15 is 0 Å². The number of hydrogen-bond acceptors (Lipinski definition) is 8. The fourth-order valence-corrected chi connectivity index (χ4v) is 4.20. The Labute approximate surface area is 166 Å². The number of aryl methyl sites for hydroxylation is 1. The number of hydrogen-bond donors (Lipinski definition) is 3. The molecule has 0 fully saturated rings. The molecule has 0 aliphatic heterocycles. The lowest BCUT2D eigenvalue weighted by Gasteiger charge is -2.04. The summed E-state index contributed by atoms with van der Waals surface area (Å²) < 4.78 is 23.1. The van der Waals surface area contributed by atoms with Crippen molar-refractivity contribution in [2.45, 2.75) is 13.5 Å². The molecule has 0 spiro atoms. The third kappa shape index (κ3) is 3.94. The van der Waals surface area contributed by atoms with Gasteiger partial charge in [0.25, 0.3) is 0 Å². The van der Waals surface area contributed by atoms with Gasteiger partial charge in [-0.25, -0.2) is 19.0 Å². The molecule has 8 nitrogen and oxygen atoms in total. The zero-order chi connectivity index (χ0) is 20.4. The van der Waals surface area contributed by atoms with Gasteiger partial charge in [0.05, 0.1) is 34.8 Å². The number of carbonyl (C=O) groups is 2. The maximum atomic E-state index is 14.3. The molecule has 0 radical (unpaired) electrons. The van der Waals surface area contributed by atoms with Gasteiger partial charge in [-0.3, -0.25) is 0 Å². The zero-order valence-corrected chi connectivity index (χ0v) is 16.3. The fourth-order valence-electron chi connectivity index (χ4n) is 2.42. The first-order valence-electron chi connectivity index (χ1n) is 7.81. The smallest absolute Gasteiger partial charge is 0.407 e. The lowest BCUT2D eigenvalue weighted by atomic mass is 10.1. The highest BCUT2D eigenvalue weighted by molar-refractivity contribution is 7.15. The molecule has 2 aromatic heterocycles. The van der Waals surface area contributed by atoms with Crippen molar-refractivity contribution in [1.29, 1.82) is 0 Å². The minimum Gasteiger partial charge on any atom is -0.507 e. The molecule has 3 rings (SSSR count). The van der Waals surface area contributed by atoms with E-state index in [1.807, 2.05) is 0 Å². The minimum absolute atomic E-state index is 0.0565. The molecule has 0 saturated carbocycles. The molecule has 146 valence electrons. The largest absolute Gasteiger partial charge is 0.507 e. The van der Waals surface area contributed by atoms with E-state index in [0.29, 0.717) is 21.3 Å². The van der Waals surface area contributed by atoms with Crippen LogP contribution in [0.1, 0.15) is 21.1 Å². The minimum atomic E-state index is -1.42. The summed E-state index contributed by atoms with van der Waals surface area (Å²) in [4.78, 5) is 27.7. The van der Waals surface area contributed by atoms with Gasteiger partial charge in [-0.05, 0) is 36.7 Å². The Morgan fingerprint density at radius 1 is 1.32 bits per heavy atom. The van der Waals surface area contributed by atoms with Gasteiger partial charge in [0, 0.05) is 5.56 Å². The van der Waals surface area contributed by atoms with Crippen LogP contribution in [0.2, 0.25) is 0 Å². The van der Waals surface area contributed by atoms with E-state index in [-0.39, 0.29) is 12.1 Å². The number of thiazole rings is 1. The Balaban J connectivity index is 1.89. The number of nitrogens with zero attached hydrogens (tertiary/aromatic N) is 2. The molecule has 0 unspecified atom stereocenters. The number of methoxy groups -OCH3 is 1. The molecule has 28 heavy (non-hydrogen) atoms. The fraction of sp³-hybridized carbons (Fsp3) is 0.176. The maximum absolute atomic E-state index is 14.3. The van der Waals surface area contributed by atoms with Gasteiger partial charge in [0.1, 0.15) is 22.1 Å². The molecule has 0 atom stereocenters. The average molecular weight is 423 g/mol. The number of phenols is 1. The maximum Gasteiger partial charge on any atom is 0.407 e. The number of carboxylic acid groups (broad SMARTS) is 1. The Hall–Kier alpha value is -3.05. The topological polar surface area (TPSA) is 122 Å². The monoisotopic (exact) mass is 423 g/mol. The number of aromatic carboxylic acids is 1. The van der Waals surface area contributed by atoms with Crippen molar-refractivity contribution in [3.8, 4) is 26.8 Å². The number of amides is 1. The van der Waals surface area contributed by atoms with Crippen LogP contribution < -0.4 is 5.32 Å². The number of aromatic nitrogens is 2. The second kappa shape index (κ2) is 7.90. The van der Waals surface area contributed by atoms with Crippen molar-refractivity contribution in [3.63, 3.8) is 0 Å². The lowest BCUT2D eigenvalue weighted by Crippen LogP contribution is -2.22. The molecule has 0 bridgehead atoms. The van der Waals surface area contributed by atoms with Crippen LogP contribution in [0.25, 0.3) is 21.0 Å². The summed E-state index contributed by atoms with van der Waals surface area (Å²) in [5.74, 6) is -2.71. The second-order valence-corrected chi connectivity index (χ2v) is 7.49. The summed E-state index contributed by atoms with van der Waals surface area (Å²) in [7, 11) is 1.27. The number of nitrogens with one attached hydrogen (secondary N) is 1. The predicted octanol–water partition coefficient (Wildman–Crippen LogP) is 3.64. The lowest BCUT2D eigenvalue weighted by molar-refractivity contribution is 0.0693. The summed E-state index contributed by atoms with van der Waals surface area (Å²) in [5.41, 5.74) is 0.821. The first-order valence-corrected chi connectivity index (χ1v) is 9.40. The number of ether oxygens (including phenoxy) is 1. The summed E-state index contributed by atoms with van der Waals surface area (Å²) in [6.45, 7) is 1.99. The molecular formula is C17H14FN3O5S2. The van der Waals surface area contributed by atoms with E-state index in [2.05, 4.69) is 19.4 Å². The van der Waals surface area contributed by atoms with E-state index in [4.69, 9.17) is 5.11 Å². The van der Waals surface area contributed by atoms with Gasteiger partial charge in [0.2, 0.25) is 0 Å². The first kappa shape index (κ1) is 19.7. The van der Waals surface area contributed by atoms with Crippen LogP contribution in [0.4, 0.5) is 9.18 Å². The van der Waals surface area contributed by atoms with Crippen LogP contribution in [0.5, 0.6) is 5.75 Å². The number of carboxylic acids is 1. The third-order valence-electron chi connectivity index (χ3n) is 3.73. The number of aromatic hydroxyl groups is 1. The van der Waals surface area contributed by atoms with Gasteiger partial charge >= 0.3 is 12.1 Å². The summed E-state index contributed by atoms with van der Waals surface area (Å²) >= 11 is 2.34. The quantitative estimate of drug-likeness (QED) is 0.573. The van der Waals surface area contributed by atoms with Crippen LogP contribution in [0.15, 0.2) is 18.2 Å². The van der Waals surface area contributed by atoms with Gasteiger partial charge in [-0.2, -0.15) is 4.37 Å². The van der Waals surface area contributed by atoms with Gasteiger partial charge in [-0.1, -0.05) is 0 Å². The highest BCUT2D eigenvalue weighted by Gasteiger charge is 2.19. The average Bonchev–Trinajstić information content (AvgIpc) is 3.27. The van der Waals surface area contributed by atoms with E-state index in [1.54, 1.807) is 13.0 Å². The first-order chi connectivity index (χ1) is 13.3. The molecule has 3 aromatic rings.